The first-order valence-electron chi connectivity index (χ1n) is 15.7. The average Bonchev–Trinajstić information content (AvgIpc) is 3.44. The number of thiazole rings is 1. The number of amidine groups is 1. The Hall–Kier alpha value is -4.37. The minimum Gasteiger partial charge on any atom is -0.485 e. The Morgan fingerprint density at radius 3 is 2.52 bits per heavy atom. The van der Waals surface area contributed by atoms with Gasteiger partial charge >= 0.3 is 16.4 Å². The Morgan fingerprint density at radius 1 is 1.24 bits per heavy atom. The number of ether oxygens (including phenoxy) is 1. The van der Waals surface area contributed by atoms with E-state index in [9.17, 15) is 27.9 Å². The highest BCUT2D eigenvalue weighted by Gasteiger charge is 2.58. The van der Waals surface area contributed by atoms with Crippen molar-refractivity contribution in [1.29, 1.82) is 0 Å². The normalized spacial score (nSPS) is 28.7. The molecule has 1 aromatic carbocycles. The molecular weight excluding hydrogens is 697 g/mol. The first-order chi connectivity index (χ1) is 23.3. The number of carboxylic acids is 1. The second-order valence-electron chi connectivity index (χ2n) is 13.9. The number of aryl methyl sites for hydroxylation is 1. The van der Waals surface area contributed by atoms with Gasteiger partial charge in [0, 0.05) is 17.0 Å². The van der Waals surface area contributed by atoms with E-state index in [-0.39, 0.29) is 29.3 Å². The van der Waals surface area contributed by atoms with E-state index in [4.69, 9.17) is 36.3 Å². The van der Waals surface area contributed by atoms with Gasteiger partial charge in [-0.3, -0.25) is 19.1 Å². The summed E-state index contributed by atoms with van der Waals surface area (Å²) in [6.07, 6.45) is 3.59. The Morgan fingerprint density at radius 2 is 1.94 bits per heavy atom. The van der Waals surface area contributed by atoms with E-state index in [1.807, 2.05) is 6.07 Å². The minimum absolute atomic E-state index is 0.0613. The lowest BCUT2D eigenvalue weighted by molar-refractivity contribution is -0.218. The quantitative estimate of drug-likeness (QED) is 0.0603. The Labute approximate surface area is 290 Å². The van der Waals surface area contributed by atoms with E-state index in [1.165, 1.54) is 26.2 Å². The lowest BCUT2D eigenvalue weighted by atomic mass is 9.52. The van der Waals surface area contributed by atoms with Crippen LogP contribution in [0.2, 0.25) is 0 Å². The first-order valence-corrected chi connectivity index (χ1v) is 18.0. The number of carbonyl (C=O) groups excluding carboxylic acids is 2. The fourth-order valence-electron chi connectivity index (χ4n) is 7.02. The van der Waals surface area contributed by atoms with Crippen molar-refractivity contribution in [1.82, 2.24) is 15.4 Å². The van der Waals surface area contributed by atoms with Crippen LogP contribution in [0.25, 0.3) is 0 Å². The molecule has 3 atom stereocenters. The number of hydrogen-bond donors (Lipinski definition) is 6. The number of nitrogens with one attached hydrogen (secondary N) is 1. The molecule has 0 bridgehead atoms. The minimum atomic E-state index is -5.03. The fourth-order valence-corrected chi connectivity index (χ4v) is 8.02. The van der Waals surface area contributed by atoms with Crippen molar-refractivity contribution in [3.63, 3.8) is 0 Å². The van der Waals surface area contributed by atoms with Gasteiger partial charge in [-0.2, -0.15) is 13.5 Å². The van der Waals surface area contributed by atoms with Crippen LogP contribution in [-0.2, 0) is 40.3 Å². The molecule has 1 aromatic heterocycles. The maximum Gasteiger partial charge on any atom is 0.418 e. The molecule has 3 fully saturated rings. The molecular formula is C30H38N8O10S2. The second kappa shape index (κ2) is 12.4. The monoisotopic (exact) mass is 734 g/mol. The van der Waals surface area contributed by atoms with Crippen molar-refractivity contribution in [3.8, 4) is 5.75 Å². The summed E-state index contributed by atoms with van der Waals surface area (Å²) in [6.45, 7) is 4.00. The van der Waals surface area contributed by atoms with Crippen molar-refractivity contribution >= 4 is 56.2 Å². The number of aromatic nitrogens is 1. The number of anilines is 1. The number of aliphatic carboxylic acids is 1. The highest BCUT2D eigenvalue weighted by molar-refractivity contribution is 7.80. The molecule has 9 N–H and O–H groups in total. The third-order valence-electron chi connectivity index (χ3n) is 9.82. The number of oxime groups is 1. The van der Waals surface area contributed by atoms with Gasteiger partial charge in [-0.15, -0.1) is 15.6 Å². The second-order valence-corrected chi connectivity index (χ2v) is 15.8. The van der Waals surface area contributed by atoms with Crippen LogP contribution >= 0.6 is 11.3 Å². The lowest BCUT2D eigenvalue weighted by Crippen LogP contribution is -2.76. The molecule has 2 aliphatic heterocycles. The zero-order valence-electron chi connectivity index (χ0n) is 27.4. The first kappa shape index (κ1) is 35.5. The number of aliphatic imine (C=N–C) groups is 1. The molecule has 270 valence electrons. The van der Waals surface area contributed by atoms with Crippen LogP contribution < -0.4 is 27.3 Å². The van der Waals surface area contributed by atoms with Gasteiger partial charge in [0.15, 0.2) is 16.9 Å². The number of carbonyl (C=O) groups is 3. The number of nitrogen functional groups attached to an aromatic ring is 1. The van der Waals surface area contributed by atoms with Crippen molar-refractivity contribution in [2.45, 2.75) is 94.7 Å². The van der Waals surface area contributed by atoms with Gasteiger partial charge < -0.3 is 37.2 Å². The van der Waals surface area contributed by atoms with E-state index < -0.39 is 57.2 Å². The molecule has 3 heterocycles. The number of carboxylic acid groups (broad SMARTS) is 1. The molecule has 2 aliphatic carbocycles. The van der Waals surface area contributed by atoms with E-state index in [2.05, 4.69) is 19.7 Å². The van der Waals surface area contributed by atoms with Crippen molar-refractivity contribution in [2.24, 2.45) is 27.0 Å². The van der Waals surface area contributed by atoms with Crippen molar-refractivity contribution in [2.75, 3.05) is 5.73 Å². The molecule has 3 unspecified atom stereocenters. The third-order valence-corrected chi connectivity index (χ3v) is 10.8. The Bertz CT molecular complexity index is 1900. The number of benzene rings is 1. The summed E-state index contributed by atoms with van der Waals surface area (Å²) < 4.78 is 41.8. The molecule has 0 radical (unpaired) electrons. The number of hydrogen-bond acceptors (Lipinski definition) is 14. The highest BCUT2D eigenvalue weighted by atomic mass is 32.3. The van der Waals surface area contributed by atoms with Gasteiger partial charge in [0.2, 0.25) is 0 Å². The lowest BCUT2D eigenvalue weighted by Gasteiger charge is -2.55. The van der Waals surface area contributed by atoms with Crippen LogP contribution in [0.1, 0.15) is 69.7 Å². The SMILES string of the molecule is CC(ON=C(C(=O)NC1C(=O)N(OS(=O)(=O)O)C1(C)C)c1csc(N)n1)(C(=O)O)C1CCc2cc(C(N)=NC3CC4(CC(N)C4)C3)ccc2O1. The van der Waals surface area contributed by atoms with Gasteiger partial charge in [-0.1, -0.05) is 5.16 Å². The molecule has 18 nitrogen and oxygen atoms in total. The fraction of sp³-hybridized carbons (Fsp3) is 0.533. The summed E-state index contributed by atoms with van der Waals surface area (Å²) in [5.74, 6) is -2.59. The maximum absolute atomic E-state index is 13.5. The zero-order valence-corrected chi connectivity index (χ0v) is 29.0. The largest absolute Gasteiger partial charge is 0.485 e. The van der Waals surface area contributed by atoms with Crippen LogP contribution in [0, 0.1) is 5.41 Å². The summed E-state index contributed by atoms with van der Waals surface area (Å²) in [4.78, 5) is 53.1. The predicted molar refractivity (Wildman–Crippen MR) is 178 cm³/mol. The van der Waals surface area contributed by atoms with E-state index >= 15 is 0 Å². The number of hydroxylamine groups is 2. The van der Waals surface area contributed by atoms with Gasteiger partial charge in [0.25, 0.3) is 17.4 Å². The molecule has 4 aliphatic rings. The van der Waals surface area contributed by atoms with Gasteiger partial charge in [0.05, 0.1) is 11.6 Å². The maximum atomic E-state index is 13.5. The van der Waals surface area contributed by atoms with E-state index in [0.717, 1.165) is 48.1 Å². The zero-order chi connectivity index (χ0) is 36.4. The highest BCUT2D eigenvalue weighted by Crippen LogP contribution is 2.56. The van der Waals surface area contributed by atoms with E-state index in [0.29, 0.717) is 28.5 Å². The predicted octanol–water partition coefficient (Wildman–Crippen LogP) is 0.498. The van der Waals surface area contributed by atoms with E-state index in [1.54, 1.807) is 12.1 Å². The van der Waals surface area contributed by atoms with Crippen LogP contribution in [0.4, 0.5) is 5.13 Å². The average molecular weight is 735 g/mol. The van der Waals surface area contributed by atoms with Crippen LogP contribution in [0.15, 0.2) is 33.7 Å². The molecule has 6 rings (SSSR count). The van der Waals surface area contributed by atoms with Crippen LogP contribution in [0.5, 0.6) is 5.75 Å². The summed E-state index contributed by atoms with van der Waals surface area (Å²) >= 11 is 0.968. The smallest absolute Gasteiger partial charge is 0.418 e. The molecule has 2 saturated carbocycles. The standard InChI is InChI=1S/C30H38N8O10S2/c1-28(2)22(25(40)38(28)48-50(43,44)45)36-24(39)21(18-13-49-27(33)35-18)37-47-29(3,26(41)42)20-7-5-14-8-15(4-6-19(14)46-20)23(32)34-17-11-30(12-17)9-16(31)10-30/h4,6,8,13,16-17,20,22H,5,7,9-12,31H2,1-3H3,(H2,32,34)(H2,33,35)(H,36,39)(H,41,42)(H,43,44,45). The number of amides is 2. The number of β-lactam (4-membered cyclic amide) rings is 1. The number of nitrogens with zero attached hydrogens (tertiary/aromatic N) is 4. The topological polar surface area (TPSA) is 284 Å². The van der Waals surface area contributed by atoms with Crippen LogP contribution in [0.3, 0.4) is 0 Å². The number of fused-ring (bicyclic) bond motifs is 1. The number of rotatable bonds is 11. The van der Waals surface area contributed by atoms with Crippen LogP contribution in [-0.4, -0.2) is 92.8 Å². The summed E-state index contributed by atoms with van der Waals surface area (Å²) in [5.41, 5.74) is 15.8. The third kappa shape index (κ3) is 6.60. The summed E-state index contributed by atoms with van der Waals surface area (Å²) in [7, 11) is -5.03. The van der Waals surface area contributed by atoms with Crippen molar-refractivity contribution < 1.29 is 46.3 Å². The molecule has 1 saturated heterocycles. The Balaban J connectivity index is 1.17. The number of nitrogens with two attached hydrogens (primary N) is 3. The van der Waals surface area contributed by atoms with Crippen molar-refractivity contribution in [3.05, 3.63) is 40.4 Å². The van der Waals surface area contributed by atoms with Gasteiger partial charge in [-0.05, 0) is 88.5 Å². The molecule has 2 aromatic rings. The van der Waals surface area contributed by atoms with Gasteiger partial charge in [0.1, 0.15) is 23.3 Å². The molecule has 50 heavy (non-hydrogen) atoms. The Kier molecular flexibility index (Phi) is 8.82. The van der Waals surface area contributed by atoms with Gasteiger partial charge in [-0.25, -0.2) is 9.78 Å². The molecule has 1 spiro atoms. The molecule has 2 amide bonds. The summed E-state index contributed by atoms with van der Waals surface area (Å²) in [5, 5.41) is 18.4. The molecule has 20 heteroatoms. The summed E-state index contributed by atoms with van der Waals surface area (Å²) in [6, 6.07) is 4.43.